The summed E-state index contributed by atoms with van der Waals surface area (Å²) in [5, 5.41) is 11.7. The van der Waals surface area contributed by atoms with Gasteiger partial charge in [0.1, 0.15) is 17.5 Å². The molecule has 1 rings (SSSR count). The van der Waals surface area contributed by atoms with Gasteiger partial charge in [-0.05, 0) is 24.5 Å². The van der Waals surface area contributed by atoms with E-state index >= 15 is 0 Å². The molecule has 1 aromatic carbocycles. The molecule has 0 aromatic heterocycles. The van der Waals surface area contributed by atoms with Gasteiger partial charge < -0.3 is 15.8 Å². The Morgan fingerprint density at radius 2 is 2.21 bits per heavy atom. The number of ether oxygens (including phenoxy) is 1. The van der Waals surface area contributed by atoms with Gasteiger partial charge in [-0.15, -0.1) is 0 Å². The monoisotopic (exact) mass is 261 g/mol. The molecule has 0 fully saturated rings. The Morgan fingerprint density at radius 3 is 2.74 bits per heavy atom. The first kappa shape index (κ1) is 15.0. The van der Waals surface area contributed by atoms with E-state index in [1.807, 2.05) is 19.9 Å². The van der Waals surface area contributed by atoms with Gasteiger partial charge in [0.15, 0.2) is 0 Å². The van der Waals surface area contributed by atoms with Crippen LogP contribution in [0.15, 0.2) is 18.2 Å². The summed E-state index contributed by atoms with van der Waals surface area (Å²) in [5.41, 5.74) is 6.54. The van der Waals surface area contributed by atoms with Crippen molar-refractivity contribution in [2.75, 3.05) is 12.4 Å². The Kier molecular flexibility index (Phi) is 5.34. The zero-order valence-electron chi connectivity index (χ0n) is 11.4. The van der Waals surface area contributed by atoms with Crippen LogP contribution in [-0.4, -0.2) is 19.1 Å². The third-order valence-electron chi connectivity index (χ3n) is 2.68. The third-order valence-corrected chi connectivity index (χ3v) is 2.68. The molecule has 5 heteroatoms. The van der Waals surface area contributed by atoms with Crippen LogP contribution in [0.2, 0.25) is 0 Å². The smallest absolute Gasteiger partial charge is 0.241 e. The summed E-state index contributed by atoms with van der Waals surface area (Å²) in [6.07, 6.45) is 0.586. The minimum absolute atomic E-state index is 0.310. The van der Waals surface area contributed by atoms with Crippen LogP contribution < -0.4 is 15.8 Å². The molecule has 5 nitrogen and oxygen atoms in total. The van der Waals surface area contributed by atoms with E-state index in [1.165, 1.54) is 7.11 Å². The van der Waals surface area contributed by atoms with Gasteiger partial charge in [-0.3, -0.25) is 4.79 Å². The molecule has 0 heterocycles. The summed E-state index contributed by atoms with van der Waals surface area (Å²) >= 11 is 0. The predicted octanol–water partition coefficient (Wildman–Crippen LogP) is 1.88. The lowest BCUT2D eigenvalue weighted by molar-refractivity contribution is -0.117. The Balaban J connectivity index is 2.93. The molecule has 3 N–H and O–H groups in total. The van der Waals surface area contributed by atoms with Crippen LogP contribution in [0.4, 0.5) is 5.69 Å². The van der Waals surface area contributed by atoms with Gasteiger partial charge >= 0.3 is 0 Å². The molecule has 0 radical (unpaired) electrons. The van der Waals surface area contributed by atoms with Crippen molar-refractivity contribution in [3.63, 3.8) is 0 Å². The van der Waals surface area contributed by atoms with Crippen LogP contribution in [-0.2, 0) is 4.79 Å². The third kappa shape index (κ3) is 3.97. The van der Waals surface area contributed by atoms with Crippen LogP contribution >= 0.6 is 0 Å². The van der Waals surface area contributed by atoms with E-state index in [9.17, 15) is 4.79 Å². The Bertz CT molecular complexity index is 492. The SMILES string of the molecule is COc1cccc(C#N)c1NC(=O)[C@@H](N)CC(C)C. The largest absolute Gasteiger partial charge is 0.495 e. The van der Waals surface area contributed by atoms with E-state index in [1.54, 1.807) is 18.2 Å². The second-order valence-corrected chi connectivity index (χ2v) is 4.72. The van der Waals surface area contributed by atoms with E-state index in [4.69, 9.17) is 15.7 Å². The zero-order valence-corrected chi connectivity index (χ0v) is 11.4. The molecular weight excluding hydrogens is 242 g/mol. The predicted molar refractivity (Wildman–Crippen MR) is 73.8 cm³/mol. The molecule has 0 aliphatic heterocycles. The van der Waals surface area contributed by atoms with Crippen molar-refractivity contribution in [2.24, 2.45) is 11.7 Å². The summed E-state index contributed by atoms with van der Waals surface area (Å²) < 4.78 is 5.14. The fourth-order valence-corrected chi connectivity index (χ4v) is 1.75. The first-order valence-electron chi connectivity index (χ1n) is 6.13. The van der Waals surface area contributed by atoms with Crippen molar-refractivity contribution in [3.8, 4) is 11.8 Å². The van der Waals surface area contributed by atoms with E-state index < -0.39 is 6.04 Å². The topological polar surface area (TPSA) is 88.1 Å². The van der Waals surface area contributed by atoms with Crippen LogP contribution in [0, 0.1) is 17.2 Å². The van der Waals surface area contributed by atoms with Crippen molar-refractivity contribution in [3.05, 3.63) is 23.8 Å². The lowest BCUT2D eigenvalue weighted by Gasteiger charge is -2.16. The molecule has 1 amide bonds. The molecule has 0 aliphatic rings. The van der Waals surface area contributed by atoms with Crippen LogP contribution in [0.1, 0.15) is 25.8 Å². The number of hydrogen-bond acceptors (Lipinski definition) is 4. The number of nitriles is 1. The molecule has 0 saturated carbocycles. The van der Waals surface area contributed by atoms with Crippen molar-refractivity contribution < 1.29 is 9.53 Å². The number of hydrogen-bond donors (Lipinski definition) is 2. The second-order valence-electron chi connectivity index (χ2n) is 4.72. The molecule has 0 saturated heterocycles. The molecular formula is C14H19N3O2. The maximum atomic E-state index is 12.0. The number of nitrogens with one attached hydrogen (secondary N) is 1. The highest BCUT2D eigenvalue weighted by atomic mass is 16.5. The lowest BCUT2D eigenvalue weighted by atomic mass is 10.0. The lowest BCUT2D eigenvalue weighted by Crippen LogP contribution is -2.36. The van der Waals surface area contributed by atoms with Gasteiger partial charge in [0, 0.05) is 0 Å². The first-order chi connectivity index (χ1) is 8.99. The number of nitrogens with zero attached hydrogens (tertiary/aromatic N) is 1. The first-order valence-corrected chi connectivity index (χ1v) is 6.13. The summed E-state index contributed by atoms with van der Waals surface area (Å²) in [7, 11) is 1.49. The number of carbonyl (C=O) groups is 1. The summed E-state index contributed by atoms with van der Waals surface area (Å²) in [5.74, 6) is 0.465. The van der Waals surface area contributed by atoms with Crippen molar-refractivity contribution in [2.45, 2.75) is 26.3 Å². The molecule has 102 valence electrons. The van der Waals surface area contributed by atoms with Gasteiger partial charge in [0.05, 0.1) is 18.7 Å². The van der Waals surface area contributed by atoms with E-state index in [2.05, 4.69) is 5.32 Å². The zero-order chi connectivity index (χ0) is 14.4. The molecule has 1 atom stereocenters. The molecule has 0 bridgehead atoms. The minimum Gasteiger partial charge on any atom is -0.495 e. The van der Waals surface area contributed by atoms with E-state index in [0.29, 0.717) is 29.3 Å². The number of benzene rings is 1. The minimum atomic E-state index is -0.601. The fourth-order valence-electron chi connectivity index (χ4n) is 1.75. The normalized spacial score (nSPS) is 11.8. The number of nitrogens with two attached hydrogens (primary N) is 1. The molecule has 1 aromatic rings. The Labute approximate surface area is 113 Å². The highest BCUT2D eigenvalue weighted by Crippen LogP contribution is 2.28. The van der Waals surface area contributed by atoms with Crippen LogP contribution in [0.3, 0.4) is 0 Å². The summed E-state index contributed by atoms with van der Waals surface area (Å²) in [6, 6.07) is 6.42. The van der Waals surface area contributed by atoms with E-state index in [0.717, 1.165) is 0 Å². The maximum Gasteiger partial charge on any atom is 0.241 e. The van der Waals surface area contributed by atoms with Crippen LogP contribution in [0.25, 0.3) is 0 Å². The van der Waals surface area contributed by atoms with E-state index in [-0.39, 0.29) is 5.91 Å². The highest BCUT2D eigenvalue weighted by Gasteiger charge is 2.18. The number of para-hydroxylation sites is 1. The maximum absolute atomic E-state index is 12.0. The average molecular weight is 261 g/mol. The van der Waals surface area contributed by atoms with Crippen molar-refractivity contribution >= 4 is 11.6 Å². The number of anilines is 1. The molecule has 19 heavy (non-hydrogen) atoms. The quantitative estimate of drug-likeness (QED) is 0.847. The van der Waals surface area contributed by atoms with Gasteiger partial charge in [0.2, 0.25) is 5.91 Å². The standard InChI is InChI=1S/C14H19N3O2/c1-9(2)7-11(16)14(18)17-13-10(8-15)5-4-6-12(13)19-3/h4-6,9,11H,7,16H2,1-3H3,(H,17,18)/t11-/m0/s1. The fraction of sp³-hybridized carbons (Fsp3) is 0.429. The molecule has 0 spiro atoms. The molecule has 0 unspecified atom stereocenters. The number of amides is 1. The van der Waals surface area contributed by atoms with Crippen molar-refractivity contribution in [1.82, 2.24) is 0 Å². The van der Waals surface area contributed by atoms with Gasteiger partial charge in [0.25, 0.3) is 0 Å². The highest BCUT2D eigenvalue weighted by molar-refractivity contribution is 5.97. The van der Waals surface area contributed by atoms with Crippen LogP contribution in [0.5, 0.6) is 5.75 Å². The molecule has 0 aliphatic carbocycles. The van der Waals surface area contributed by atoms with Gasteiger partial charge in [-0.2, -0.15) is 5.26 Å². The Morgan fingerprint density at radius 1 is 1.53 bits per heavy atom. The number of rotatable bonds is 5. The Hall–Kier alpha value is -2.06. The van der Waals surface area contributed by atoms with Crippen molar-refractivity contribution in [1.29, 1.82) is 5.26 Å². The summed E-state index contributed by atoms with van der Waals surface area (Å²) in [4.78, 5) is 12.0. The van der Waals surface area contributed by atoms with Gasteiger partial charge in [-0.25, -0.2) is 0 Å². The van der Waals surface area contributed by atoms with Gasteiger partial charge in [-0.1, -0.05) is 19.9 Å². The number of methoxy groups -OCH3 is 1. The second kappa shape index (κ2) is 6.76. The number of carbonyl (C=O) groups excluding carboxylic acids is 1. The summed E-state index contributed by atoms with van der Waals surface area (Å²) in [6.45, 7) is 3.99. The average Bonchev–Trinajstić information content (AvgIpc) is 2.37.